The van der Waals surface area contributed by atoms with Crippen molar-refractivity contribution in [3.05, 3.63) is 32.4 Å². The van der Waals surface area contributed by atoms with Gasteiger partial charge in [0, 0.05) is 16.1 Å². The van der Waals surface area contributed by atoms with E-state index >= 15 is 0 Å². The number of hydrogen-bond acceptors (Lipinski definition) is 2. The molecule has 0 spiro atoms. The molecule has 14 heavy (non-hydrogen) atoms. The van der Waals surface area contributed by atoms with Gasteiger partial charge in [-0.1, -0.05) is 6.07 Å². The fourth-order valence-electron chi connectivity index (χ4n) is 1.35. The average Bonchev–Trinajstić information content (AvgIpc) is 2.18. The van der Waals surface area contributed by atoms with Crippen LogP contribution < -0.4 is 4.74 Å². The molecule has 0 radical (unpaired) electrons. The van der Waals surface area contributed by atoms with E-state index in [1.807, 2.05) is 24.4 Å². The SMILES string of the molecule is COc1c(I)cnc2c(Br)cccc12. The van der Waals surface area contributed by atoms with Gasteiger partial charge in [0.05, 0.1) is 16.2 Å². The van der Waals surface area contributed by atoms with Crippen LogP contribution in [-0.4, -0.2) is 12.1 Å². The van der Waals surface area contributed by atoms with Gasteiger partial charge in [0.25, 0.3) is 0 Å². The molecule has 0 fully saturated rings. The van der Waals surface area contributed by atoms with Crippen LogP contribution in [0.25, 0.3) is 10.9 Å². The van der Waals surface area contributed by atoms with Gasteiger partial charge < -0.3 is 4.74 Å². The van der Waals surface area contributed by atoms with Gasteiger partial charge in [0.2, 0.25) is 0 Å². The lowest BCUT2D eigenvalue weighted by atomic mass is 10.2. The van der Waals surface area contributed by atoms with Gasteiger partial charge in [0.1, 0.15) is 5.75 Å². The number of benzene rings is 1. The van der Waals surface area contributed by atoms with Crippen LogP contribution in [0.2, 0.25) is 0 Å². The zero-order chi connectivity index (χ0) is 10.1. The molecule has 4 heteroatoms. The smallest absolute Gasteiger partial charge is 0.143 e. The molecule has 0 amide bonds. The first kappa shape index (κ1) is 10.2. The van der Waals surface area contributed by atoms with Crippen LogP contribution in [0.3, 0.4) is 0 Å². The number of ether oxygens (including phenoxy) is 1. The summed E-state index contributed by atoms with van der Waals surface area (Å²) in [6.07, 6.45) is 1.81. The van der Waals surface area contributed by atoms with Crippen molar-refractivity contribution in [1.29, 1.82) is 0 Å². The fraction of sp³-hybridized carbons (Fsp3) is 0.100. The van der Waals surface area contributed by atoms with Crippen molar-refractivity contribution in [2.24, 2.45) is 0 Å². The van der Waals surface area contributed by atoms with E-state index < -0.39 is 0 Å². The van der Waals surface area contributed by atoms with Gasteiger partial charge in [0.15, 0.2) is 0 Å². The highest BCUT2D eigenvalue weighted by Crippen LogP contribution is 2.32. The van der Waals surface area contributed by atoms with Crippen LogP contribution in [0.1, 0.15) is 0 Å². The normalized spacial score (nSPS) is 10.5. The predicted octanol–water partition coefficient (Wildman–Crippen LogP) is 3.61. The van der Waals surface area contributed by atoms with Gasteiger partial charge in [-0.25, -0.2) is 0 Å². The zero-order valence-electron chi connectivity index (χ0n) is 7.42. The Morgan fingerprint density at radius 2 is 2.21 bits per heavy atom. The van der Waals surface area contributed by atoms with E-state index in [-0.39, 0.29) is 0 Å². The minimum absolute atomic E-state index is 0.886. The molecule has 1 aromatic heterocycles. The number of para-hydroxylation sites is 1. The van der Waals surface area contributed by atoms with Gasteiger partial charge in [-0.05, 0) is 50.7 Å². The molecule has 0 aliphatic carbocycles. The molecule has 0 saturated heterocycles. The second-order valence-electron chi connectivity index (χ2n) is 2.78. The molecule has 0 bridgehead atoms. The number of halogens is 2. The molecule has 2 nitrogen and oxygen atoms in total. The minimum atomic E-state index is 0.886. The number of methoxy groups -OCH3 is 1. The van der Waals surface area contributed by atoms with Crippen molar-refractivity contribution < 1.29 is 4.74 Å². The highest BCUT2D eigenvalue weighted by Gasteiger charge is 2.08. The van der Waals surface area contributed by atoms with Gasteiger partial charge in [-0.15, -0.1) is 0 Å². The number of hydrogen-bond donors (Lipinski definition) is 0. The van der Waals surface area contributed by atoms with Gasteiger partial charge in [-0.2, -0.15) is 0 Å². The highest BCUT2D eigenvalue weighted by molar-refractivity contribution is 14.1. The first-order chi connectivity index (χ1) is 6.74. The second kappa shape index (κ2) is 4.02. The number of pyridine rings is 1. The lowest BCUT2D eigenvalue weighted by molar-refractivity contribution is 0.416. The molecule has 0 atom stereocenters. The van der Waals surface area contributed by atoms with Crippen LogP contribution in [0.5, 0.6) is 5.75 Å². The molecule has 0 unspecified atom stereocenters. The summed E-state index contributed by atoms with van der Waals surface area (Å²) in [6, 6.07) is 5.96. The number of rotatable bonds is 1. The quantitative estimate of drug-likeness (QED) is 0.722. The predicted molar refractivity (Wildman–Crippen MR) is 68.7 cm³/mol. The molecular formula is C10H7BrINO. The maximum absolute atomic E-state index is 5.34. The fourth-order valence-corrected chi connectivity index (χ4v) is 2.46. The topological polar surface area (TPSA) is 22.1 Å². The van der Waals surface area contributed by atoms with Crippen LogP contribution in [0, 0.1) is 3.57 Å². The van der Waals surface area contributed by atoms with Crippen LogP contribution in [0.4, 0.5) is 0 Å². The Hall–Kier alpha value is -0.360. The highest BCUT2D eigenvalue weighted by atomic mass is 127. The lowest BCUT2D eigenvalue weighted by Crippen LogP contribution is -1.91. The monoisotopic (exact) mass is 363 g/mol. The molecule has 1 aromatic carbocycles. The third-order valence-corrected chi connectivity index (χ3v) is 3.37. The summed E-state index contributed by atoms with van der Waals surface area (Å²) in [4.78, 5) is 4.35. The van der Waals surface area contributed by atoms with Gasteiger partial charge in [-0.3, -0.25) is 4.98 Å². The summed E-state index contributed by atoms with van der Waals surface area (Å²) in [5, 5.41) is 1.04. The largest absolute Gasteiger partial charge is 0.495 e. The van der Waals surface area contributed by atoms with Crippen molar-refractivity contribution in [1.82, 2.24) is 4.98 Å². The Kier molecular flexibility index (Phi) is 2.92. The maximum Gasteiger partial charge on any atom is 0.143 e. The third kappa shape index (κ3) is 1.61. The first-order valence-corrected chi connectivity index (χ1v) is 5.88. The second-order valence-corrected chi connectivity index (χ2v) is 4.79. The molecule has 0 aliphatic heterocycles. The number of nitrogens with zero attached hydrogens (tertiary/aromatic N) is 1. The van der Waals surface area contributed by atoms with Crippen molar-refractivity contribution in [2.75, 3.05) is 7.11 Å². The minimum Gasteiger partial charge on any atom is -0.495 e. The van der Waals surface area contributed by atoms with Crippen molar-refractivity contribution >= 4 is 49.4 Å². The first-order valence-electron chi connectivity index (χ1n) is 4.00. The number of aromatic nitrogens is 1. The van der Waals surface area contributed by atoms with E-state index in [2.05, 4.69) is 43.5 Å². The van der Waals surface area contributed by atoms with Crippen molar-refractivity contribution in [3.8, 4) is 5.75 Å². The van der Waals surface area contributed by atoms with Crippen LogP contribution in [-0.2, 0) is 0 Å². The maximum atomic E-state index is 5.34. The Morgan fingerprint density at radius 3 is 2.93 bits per heavy atom. The zero-order valence-corrected chi connectivity index (χ0v) is 11.2. The summed E-state index contributed by atoms with van der Waals surface area (Å²) in [5.74, 6) is 0.886. The van der Waals surface area contributed by atoms with Crippen molar-refractivity contribution in [2.45, 2.75) is 0 Å². The van der Waals surface area contributed by atoms with E-state index in [1.165, 1.54) is 0 Å². The Bertz CT molecular complexity index is 487. The standard InChI is InChI=1S/C10H7BrINO/c1-14-10-6-3-2-4-7(11)9(6)13-5-8(10)12/h2-5H,1H3. The third-order valence-electron chi connectivity index (χ3n) is 1.96. The van der Waals surface area contributed by atoms with E-state index in [1.54, 1.807) is 7.11 Å². The Morgan fingerprint density at radius 1 is 1.43 bits per heavy atom. The molecule has 1 heterocycles. The molecule has 0 saturated carbocycles. The summed E-state index contributed by atoms with van der Waals surface area (Å²) in [7, 11) is 1.68. The molecule has 72 valence electrons. The summed E-state index contributed by atoms with van der Waals surface area (Å²) < 4.78 is 7.36. The number of fused-ring (bicyclic) bond motifs is 1. The lowest BCUT2D eigenvalue weighted by Gasteiger charge is -2.07. The summed E-state index contributed by atoms with van der Waals surface area (Å²) in [5.41, 5.74) is 0.935. The van der Waals surface area contributed by atoms with E-state index in [0.717, 1.165) is 24.7 Å². The van der Waals surface area contributed by atoms with E-state index in [4.69, 9.17) is 4.74 Å². The van der Waals surface area contributed by atoms with Crippen LogP contribution in [0.15, 0.2) is 28.9 Å². The Labute approximate surface area is 104 Å². The molecule has 0 N–H and O–H groups in total. The molecule has 2 rings (SSSR count). The molecule has 0 aliphatic rings. The summed E-state index contributed by atoms with van der Waals surface area (Å²) >= 11 is 5.68. The molecular weight excluding hydrogens is 357 g/mol. The van der Waals surface area contributed by atoms with E-state index in [0.29, 0.717) is 0 Å². The van der Waals surface area contributed by atoms with Crippen molar-refractivity contribution in [3.63, 3.8) is 0 Å². The summed E-state index contributed by atoms with van der Waals surface area (Å²) in [6.45, 7) is 0. The van der Waals surface area contributed by atoms with E-state index in [9.17, 15) is 0 Å². The van der Waals surface area contributed by atoms with Gasteiger partial charge >= 0.3 is 0 Å². The average molecular weight is 364 g/mol. The molecule has 2 aromatic rings. The van der Waals surface area contributed by atoms with Crippen LogP contribution >= 0.6 is 38.5 Å². The Balaban J connectivity index is 2.88.